The van der Waals surface area contributed by atoms with Crippen LogP contribution in [0.3, 0.4) is 0 Å². The van der Waals surface area contributed by atoms with Gasteiger partial charge in [-0.05, 0) is 24.7 Å². The van der Waals surface area contributed by atoms with Crippen molar-refractivity contribution >= 4 is 5.78 Å². The molecule has 1 aliphatic carbocycles. The molecule has 0 fully saturated rings. The summed E-state index contributed by atoms with van der Waals surface area (Å²) in [6.07, 6.45) is 1.46. The molecule has 0 amide bonds. The number of rotatable bonds is 1. The van der Waals surface area contributed by atoms with Crippen molar-refractivity contribution in [3.8, 4) is 6.07 Å². The zero-order chi connectivity index (χ0) is 14.4. The van der Waals surface area contributed by atoms with Gasteiger partial charge in [-0.1, -0.05) is 27.7 Å². The molecule has 0 saturated heterocycles. The van der Waals surface area contributed by atoms with Crippen LogP contribution in [-0.2, 0) is 4.79 Å². The normalized spacial score (nSPS) is 26.2. The Balaban J connectivity index is 2.54. The average molecular weight is 258 g/mol. The third-order valence-electron chi connectivity index (χ3n) is 4.07. The Labute approximate surface area is 115 Å². The van der Waals surface area contributed by atoms with Crippen LogP contribution in [0.25, 0.3) is 0 Å². The molecule has 0 radical (unpaired) electrons. The lowest BCUT2D eigenvalue weighted by atomic mass is 9.68. The van der Waals surface area contributed by atoms with E-state index in [1.807, 2.05) is 6.92 Å². The van der Waals surface area contributed by atoms with Crippen LogP contribution in [-0.4, -0.2) is 5.78 Å². The molecular weight excluding hydrogens is 236 g/mol. The van der Waals surface area contributed by atoms with Crippen LogP contribution >= 0.6 is 0 Å². The first-order valence-electron chi connectivity index (χ1n) is 6.91. The maximum Gasteiger partial charge on any atom is 0.161 e. The van der Waals surface area contributed by atoms with Crippen LogP contribution in [0.5, 0.6) is 0 Å². The van der Waals surface area contributed by atoms with Crippen LogP contribution in [0.1, 0.15) is 47.5 Å². The molecule has 3 nitrogen and oxygen atoms in total. The van der Waals surface area contributed by atoms with Gasteiger partial charge in [0.05, 0.1) is 11.6 Å². The molecule has 1 atom stereocenters. The second-order valence-corrected chi connectivity index (χ2v) is 6.83. The van der Waals surface area contributed by atoms with E-state index in [1.54, 1.807) is 0 Å². The summed E-state index contributed by atoms with van der Waals surface area (Å²) in [7, 11) is 0. The van der Waals surface area contributed by atoms with Gasteiger partial charge in [-0.25, -0.2) is 0 Å². The zero-order valence-electron chi connectivity index (χ0n) is 12.4. The van der Waals surface area contributed by atoms with Gasteiger partial charge < -0.3 is 5.32 Å². The number of carbonyl (C=O) groups is 1. The van der Waals surface area contributed by atoms with E-state index in [0.29, 0.717) is 6.42 Å². The summed E-state index contributed by atoms with van der Waals surface area (Å²) >= 11 is 0. The fourth-order valence-corrected chi connectivity index (χ4v) is 3.30. The number of Topliss-reactive ketones (excluding diaryl/α,β-unsaturated/α-hetero) is 1. The third-order valence-corrected chi connectivity index (χ3v) is 4.07. The zero-order valence-corrected chi connectivity index (χ0v) is 12.4. The summed E-state index contributed by atoms with van der Waals surface area (Å²) in [5.41, 5.74) is 3.54. The second-order valence-electron chi connectivity index (χ2n) is 6.83. The van der Waals surface area contributed by atoms with Crippen molar-refractivity contribution in [1.29, 1.82) is 5.26 Å². The van der Waals surface area contributed by atoms with Gasteiger partial charge in [0.25, 0.3) is 0 Å². The van der Waals surface area contributed by atoms with E-state index >= 15 is 0 Å². The summed E-state index contributed by atoms with van der Waals surface area (Å²) in [6, 6.07) is 2.29. The molecule has 0 aromatic heterocycles. The molecule has 2 rings (SSSR count). The van der Waals surface area contributed by atoms with E-state index in [4.69, 9.17) is 0 Å². The number of ketones is 1. The van der Waals surface area contributed by atoms with Crippen molar-refractivity contribution in [3.05, 3.63) is 22.5 Å². The minimum atomic E-state index is -0.0372. The second kappa shape index (κ2) is 4.52. The molecule has 0 aromatic carbocycles. The lowest BCUT2D eigenvalue weighted by Gasteiger charge is -2.39. The van der Waals surface area contributed by atoms with E-state index in [0.717, 1.165) is 29.0 Å². The highest BCUT2D eigenvalue weighted by molar-refractivity contribution is 5.99. The number of nitrogens with one attached hydrogen (secondary N) is 1. The van der Waals surface area contributed by atoms with Crippen LogP contribution in [0.2, 0.25) is 0 Å². The minimum absolute atomic E-state index is 0.00880. The summed E-state index contributed by atoms with van der Waals surface area (Å²) < 4.78 is 0. The van der Waals surface area contributed by atoms with Crippen molar-refractivity contribution in [1.82, 2.24) is 5.32 Å². The molecule has 1 unspecified atom stereocenters. The summed E-state index contributed by atoms with van der Waals surface area (Å²) in [5, 5.41) is 12.7. The fraction of sp³-hybridized carbons (Fsp3) is 0.625. The summed E-state index contributed by atoms with van der Waals surface area (Å²) in [4.78, 5) is 12.5. The number of hydrogen-bond donors (Lipinski definition) is 1. The van der Waals surface area contributed by atoms with Crippen LogP contribution < -0.4 is 5.32 Å². The van der Waals surface area contributed by atoms with E-state index in [-0.39, 0.29) is 23.0 Å². The quantitative estimate of drug-likeness (QED) is 0.785. The Hall–Kier alpha value is -1.56. The summed E-state index contributed by atoms with van der Waals surface area (Å²) in [6.45, 7) is 10.3. The van der Waals surface area contributed by atoms with Crippen molar-refractivity contribution in [2.45, 2.75) is 47.5 Å². The first-order chi connectivity index (χ1) is 8.76. The van der Waals surface area contributed by atoms with Gasteiger partial charge in [-0.2, -0.15) is 5.26 Å². The minimum Gasteiger partial charge on any atom is -0.361 e. The number of carbonyl (C=O) groups excluding carboxylic acids is 1. The molecular formula is C16H22N2O. The van der Waals surface area contributed by atoms with Gasteiger partial charge in [0.1, 0.15) is 0 Å². The monoisotopic (exact) mass is 258 g/mol. The Morgan fingerprint density at radius 3 is 2.53 bits per heavy atom. The van der Waals surface area contributed by atoms with Gasteiger partial charge in [0.15, 0.2) is 5.78 Å². The molecule has 3 heteroatoms. The molecule has 1 N–H and O–H groups in total. The lowest BCUT2D eigenvalue weighted by molar-refractivity contribution is -0.118. The smallest absolute Gasteiger partial charge is 0.161 e. The largest absolute Gasteiger partial charge is 0.361 e. The van der Waals surface area contributed by atoms with Gasteiger partial charge in [-0.15, -0.1) is 0 Å². The molecule has 0 aromatic rings. The topological polar surface area (TPSA) is 52.9 Å². The third kappa shape index (κ3) is 2.32. The van der Waals surface area contributed by atoms with Gasteiger partial charge >= 0.3 is 0 Å². The van der Waals surface area contributed by atoms with Crippen molar-refractivity contribution < 1.29 is 4.79 Å². The Kier molecular flexibility index (Phi) is 3.30. The van der Waals surface area contributed by atoms with Gasteiger partial charge in [0, 0.05) is 29.3 Å². The molecule has 1 heterocycles. The van der Waals surface area contributed by atoms with Gasteiger partial charge in [-0.3, -0.25) is 4.79 Å². The highest BCUT2D eigenvalue weighted by Gasteiger charge is 2.41. The molecule has 0 spiro atoms. The first-order valence-corrected chi connectivity index (χ1v) is 6.91. The fourth-order valence-electron chi connectivity index (χ4n) is 3.30. The van der Waals surface area contributed by atoms with Crippen molar-refractivity contribution in [2.75, 3.05) is 0 Å². The Morgan fingerprint density at radius 2 is 2.00 bits per heavy atom. The number of allylic oxidation sites excluding steroid dienone is 4. The SMILES string of the molecule is CC1=C(C#N)C(C(C)C)C2=C(CC(C)(C)CC2=O)N1. The standard InChI is InChI=1S/C16H22N2O/c1-9(2)14-11(8-17)10(3)18-12-6-16(4,5)7-13(19)15(12)14/h9,14,18H,6-7H2,1-5H3. The molecule has 2 aliphatic rings. The molecule has 0 bridgehead atoms. The van der Waals surface area contributed by atoms with Crippen molar-refractivity contribution in [2.24, 2.45) is 17.3 Å². The van der Waals surface area contributed by atoms with E-state index in [1.165, 1.54) is 0 Å². The summed E-state index contributed by atoms with van der Waals surface area (Å²) in [5.74, 6) is 0.435. The molecule has 19 heavy (non-hydrogen) atoms. The molecule has 0 saturated carbocycles. The average Bonchev–Trinajstić information content (AvgIpc) is 2.24. The first kappa shape index (κ1) is 13.9. The van der Waals surface area contributed by atoms with Crippen molar-refractivity contribution in [3.63, 3.8) is 0 Å². The lowest BCUT2D eigenvalue weighted by Crippen LogP contribution is -2.39. The van der Waals surface area contributed by atoms with Crippen LogP contribution in [0.15, 0.2) is 22.5 Å². The Bertz CT molecular complexity index is 529. The highest BCUT2D eigenvalue weighted by Crippen LogP contribution is 2.44. The number of hydrogen-bond acceptors (Lipinski definition) is 3. The number of nitrogens with zero attached hydrogens (tertiary/aromatic N) is 1. The maximum atomic E-state index is 12.5. The maximum absolute atomic E-state index is 12.5. The van der Waals surface area contributed by atoms with E-state index < -0.39 is 0 Å². The number of dihydropyridines is 1. The molecule has 1 aliphatic heterocycles. The van der Waals surface area contributed by atoms with Gasteiger partial charge in [0.2, 0.25) is 0 Å². The Morgan fingerprint density at radius 1 is 1.37 bits per heavy atom. The highest BCUT2D eigenvalue weighted by atomic mass is 16.1. The van der Waals surface area contributed by atoms with Crippen LogP contribution in [0.4, 0.5) is 0 Å². The van der Waals surface area contributed by atoms with Crippen LogP contribution in [0, 0.1) is 28.6 Å². The van der Waals surface area contributed by atoms with E-state index in [2.05, 4.69) is 39.1 Å². The predicted octanol–water partition coefficient (Wildman–Crippen LogP) is 3.30. The predicted molar refractivity (Wildman–Crippen MR) is 74.8 cm³/mol. The number of nitriles is 1. The molecule has 102 valence electrons. The van der Waals surface area contributed by atoms with E-state index in [9.17, 15) is 10.1 Å².